The molecule has 0 aromatic carbocycles. The number of aliphatic hydroxyl groups excluding tert-OH is 1. The Labute approximate surface area is 91.4 Å². The van der Waals surface area contributed by atoms with E-state index in [1.807, 2.05) is 0 Å². The second kappa shape index (κ2) is 4.78. The van der Waals surface area contributed by atoms with E-state index in [2.05, 4.69) is 4.90 Å². The third-order valence-electron chi connectivity index (χ3n) is 3.94. The SMILES string of the molecule is NCC1(N2CCC(O)CC2)CCOCC1. The maximum atomic E-state index is 9.50. The van der Waals surface area contributed by atoms with Gasteiger partial charge in [-0.25, -0.2) is 0 Å². The molecule has 0 atom stereocenters. The molecule has 2 fully saturated rings. The molecule has 2 aliphatic rings. The summed E-state index contributed by atoms with van der Waals surface area (Å²) in [5, 5.41) is 9.50. The van der Waals surface area contributed by atoms with Crippen LogP contribution in [0.3, 0.4) is 0 Å². The molecule has 2 rings (SSSR count). The Morgan fingerprint density at radius 2 is 1.87 bits per heavy atom. The molecular formula is C11H22N2O2. The van der Waals surface area contributed by atoms with Crippen LogP contribution in [0.1, 0.15) is 25.7 Å². The van der Waals surface area contributed by atoms with Crippen molar-refractivity contribution >= 4 is 0 Å². The van der Waals surface area contributed by atoms with Crippen LogP contribution >= 0.6 is 0 Å². The average molecular weight is 214 g/mol. The Bertz CT molecular complexity index is 197. The molecule has 2 saturated heterocycles. The number of likely N-dealkylation sites (tertiary alicyclic amines) is 1. The number of hydrogen-bond donors (Lipinski definition) is 2. The fraction of sp³-hybridized carbons (Fsp3) is 1.00. The van der Waals surface area contributed by atoms with Gasteiger partial charge in [0.05, 0.1) is 6.10 Å². The van der Waals surface area contributed by atoms with Crippen molar-refractivity contribution in [2.24, 2.45) is 5.73 Å². The Balaban J connectivity index is 1.98. The molecule has 2 heterocycles. The summed E-state index contributed by atoms with van der Waals surface area (Å²) in [5.74, 6) is 0. The largest absolute Gasteiger partial charge is 0.393 e. The van der Waals surface area contributed by atoms with Crippen LogP contribution in [-0.2, 0) is 4.74 Å². The number of nitrogens with zero attached hydrogens (tertiary/aromatic N) is 1. The smallest absolute Gasteiger partial charge is 0.0564 e. The van der Waals surface area contributed by atoms with Crippen molar-refractivity contribution in [1.82, 2.24) is 4.90 Å². The highest BCUT2D eigenvalue weighted by molar-refractivity contribution is 4.95. The van der Waals surface area contributed by atoms with Crippen molar-refractivity contribution in [2.45, 2.75) is 37.3 Å². The van der Waals surface area contributed by atoms with Crippen LogP contribution in [0.2, 0.25) is 0 Å². The Hall–Kier alpha value is -0.160. The molecule has 0 aromatic rings. The van der Waals surface area contributed by atoms with E-state index in [1.54, 1.807) is 0 Å². The van der Waals surface area contributed by atoms with Crippen molar-refractivity contribution in [3.63, 3.8) is 0 Å². The van der Waals surface area contributed by atoms with Crippen molar-refractivity contribution in [1.29, 1.82) is 0 Å². The van der Waals surface area contributed by atoms with Crippen LogP contribution < -0.4 is 5.73 Å². The van der Waals surface area contributed by atoms with Crippen molar-refractivity contribution < 1.29 is 9.84 Å². The van der Waals surface area contributed by atoms with Crippen LogP contribution in [-0.4, -0.2) is 54.5 Å². The fourth-order valence-electron chi connectivity index (χ4n) is 2.74. The minimum atomic E-state index is -0.101. The molecule has 0 unspecified atom stereocenters. The monoisotopic (exact) mass is 214 g/mol. The third-order valence-corrected chi connectivity index (χ3v) is 3.94. The van der Waals surface area contributed by atoms with Crippen LogP contribution in [0.5, 0.6) is 0 Å². The quantitative estimate of drug-likeness (QED) is 0.677. The van der Waals surface area contributed by atoms with Gasteiger partial charge in [0.15, 0.2) is 0 Å². The van der Waals surface area contributed by atoms with Gasteiger partial charge in [-0.2, -0.15) is 0 Å². The molecule has 0 amide bonds. The van der Waals surface area contributed by atoms with E-state index in [-0.39, 0.29) is 11.6 Å². The fourth-order valence-corrected chi connectivity index (χ4v) is 2.74. The normalized spacial score (nSPS) is 29.2. The van der Waals surface area contributed by atoms with Gasteiger partial charge in [0.2, 0.25) is 0 Å². The molecule has 15 heavy (non-hydrogen) atoms. The van der Waals surface area contributed by atoms with E-state index < -0.39 is 0 Å². The predicted molar refractivity (Wildman–Crippen MR) is 58.7 cm³/mol. The number of nitrogens with two attached hydrogens (primary N) is 1. The summed E-state index contributed by atoms with van der Waals surface area (Å²) in [6, 6.07) is 0. The van der Waals surface area contributed by atoms with Crippen LogP contribution in [0.15, 0.2) is 0 Å². The molecule has 88 valence electrons. The lowest BCUT2D eigenvalue weighted by atomic mass is 9.86. The second-order valence-electron chi connectivity index (χ2n) is 4.76. The molecular weight excluding hydrogens is 192 g/mol. The first-order chi connectivity index (χ1) is 7.27. The van der Waals surface area contributed by atoms with Gasteiger partial charge in [-0.15, -0.1) is 0 Å². The molecule has 4 heteroatoms. The molecule has 2 aliphatic heterocycles. The zero-order valence-corrected chi connectivity index (χ0v) is 9.32. The van der Waals surface area contributed by atoms with Crippen molar-refractivity contribution in [2.75, 3.05) is 32.8 Å². The van der Waals surface area contributed by atoms with E-state index in [4.69, 9.17) is 10.5 Å². The molecule has 0 bridgehead atoms. The molecule has 0 radical (unpaired) electrons. The van der Waals surface area contributed by atoms with Gasteiger partial charge in [-0.1, -0.05) is 0 Å². The Kier molecular flexibility index (Phi) is 3.61. The summed E-state index contributed by atoms with van der Waals surface area (Å²) in [6.07, 6.45) is 3.76. The summed E-state index contributed by atoms with van der Waals surface area (Å²) in [4.78, 5) is 2.47. The van der Waals surface area contributed by atoms with Crippen molar-refractivity contribution in [3.8, 4) is 0 Å². The number of ether oxygens (including phenoxy) is 1. The van der Waals surface area contributed by atoms with E-state index in [0.717, 1.165) is 52.0 Å². The van der Waals surface area contributed by atoms with E-state index in [9.17, 15) is 5.11 Å². The summed E-state index contributed by atoms with van der Waals surface area (Å²) in [5.41, 5.74) is 6.10. The van der Waals surface area contributed by atoms with Gasteiger partial charge in [-0.3, -0.25) is 4.90 Å². The van der Waals surface area contributed by atoms with E-state index >= 15 is 0 Å². The molecule has 3 N–H and O–H groups in total. The molecule has 0 aliphatic carbocycles. The maximum absolute atomic E-state index is 9.50. The van der Waals surface area contributed by atoms with Crippen molar-refractivity contribution in [3.05, 3.63) is 0 Å². The maximum Gasteiger partial charge on any atom is 0.0564 e. The van der Waals surface area contributed by atoms with Crippen LogP contribution in [0.25, 0.3) is 0 Å². The summed E-state index contributed by atoms with van der Waals surface area (Å²) < 4.78 is 5.41. The standard InChI is InChI=1S/C11H22N2O2/c12-9-11(3-7-15-8-4-11)13-5-1-10(14)2-6-13/h10,14H,1-9,12H2. The first kappa shape index (κ1) is 11.3. The summed E-state index contributed by atoms with van der Waals surface area (Å²) in [7, 11) is 0. The number of rotatable bonds is 2. The number of hydrogen-bond acceptors (Lipinski definition) is 4. The summed E-state index contributed by atoms with van der Waals surface area (Å²) >= 11 is 0. The third kappa shape index (κ3) is 2.33. The van der Waals surface area contributed by atoms with Gasteiger partial charge >= 0.3 is 0 Å². The van der Waals surface area contributed by atoms with Gasteiger partial charge in [0.1, 0.15) is 0 Å². The Morgan fingerprint density at radius 1 is 1.27 bits per heavy atom. The molecule has 0 saturated carbocycles. The van der Waals surface area contributed by atoms with Gasteiger partial charge < -0.3 is 15.6 Å². The van der Waals surface area contributed by atoms with Gasteiger partial charge in [0, 0.05) is 38.4 Å². The minimum Gasteiger partial charge on any atom is -0.393 e. The highest BCUT2D eigenvalue weighted by Crippen LogP contribution is 2.29. The first-order valence-corrected chi connectivity index (χ1v) is 5.98. The molecule has 0 aromatic heterocycles. The first-order valence-electron chi connectivity index (χ1n) is 5.98. The molecule has 4 nitrogen and oxygen atoms in total. The lowest BCUT2D eigenvalue weighted by molar-refractivity contribution is -0.0472. The predicted octanol–water partition coefficient (Wildman–Crippen LogP) is -0.0490. The van der Waals surface area contributed by atoms with Crippen LogP contribution in [0, 0.1) is 0 Å². The minimum absolute atomic E-state index is 0.101. The zero-order chi connectivity index (χ0) is 10.7. The average Bonchev–Trinajstić information content (AvgIpc) is 2.31. The van der Waals surface area contributed by atoms with E-state index in [0.29, 0.717) is 6.54 Å². The topological polar surface area (TPSA) is 58.7 Å². The Morgan fingerprint density at radius 3 is 2.40 bits per heavy atom. The van der Waals surface area contributed by atoms with Gasteiger partial charge in [-0.05, 0) is 25.7 Å². The highest BCUT2D eigenvalue weighted by atomic mass is 16.5. The molecule has 0 spiro atoms. The lowest BCUT2D eigenvalue weighted by Gasteiger charge is -2.48. The summed E-state index contributed by atoms with van der Waals surface area (Å²) in [6.45, 7) is 4.34. The number of piperidine rings is 1. The lowest BCUT2D eigenvalue weighted by Crippen LogP contribution is -2.59. The zero-order valence-electron chi connectivity index (χ0n) is 9.32. The number of aliphatic hydroxyl groups is 1. The van der Waals surface area contributed by atoms with E-state index in [1.165, 1.54) is 0 Å². The van der Waals surface area contributed by atoms with Gasteiger partial charge in [0.25, 0.3) is 0 Å². The van der Waals surface area contributed by atoms with Crippen LogP contribution in [0.4, 0.5) is 0 Å². The highest BCUT2D eigenvalue weighted by Gasteiger charge is 2.38. The second-order valence-corrected chi connectivity index (χ2v) is 4.76.